The number of pyridine rings is 1. The van der Waals surface area contributed by atoms with Gasteiger partial charge in [-0.15, -0.1) is 0 Å². The number of methoxy groups -OCH3 is 1. The molecule has 23 heavy (non-hydrogen) atoms. The minimum absolute atomic E-state index is 0.168. The zero-order chi connectivity index (χ0) is 16.4. The fourth-order valence-corrected chi connectivity index (χ4v) is 2.57. The second-order valence-corrected chi connectivity index (χ2v) is 5.47. The van der Waals surface area contributed by atoms with E-state index >= 15 is 0 Å². The molecular weight excluding hydrogens is 288 g/mol. The Labute approximate surface area is 135 Å². The molecule has 2 aromatic carbocycles. The maximum atomic E-state index is 12.6. The molecule has 0 bridgehead atoms. The van der Waals surface area contributed by atoms with Gasteiger partial charge in [0, 0.05) is 16.6 Å². The molecule has 0 aliphatic carbocycles. The van der Waals surface area contributed by atoms with Gasteiger partial charge < -0.3 is 10.1 Å². The molecule has 3 aromatic rings. The van der Waals surface area contributed by atoms with Crippen molar-refractivity contribution in [2.24, 2.45) is 0 Å². The van der Waals surface area contributed by atoms with E-state index in [4.69, 9.17) is 4.74 Å². The van der Waals surface area contributed by atoms with Crippen molar-refractivity contribution >= 4 is 22.5 Å². The van der Waals surface area contributed by atoms with E-state index in [2.05, 4.69) is 10.3 Å². The van der Waals surface area contributed by atoms with Crippen molar-refractivity contribution in [3.63, 3.8) is 0 Å². The average Bonchev–Trinajstić information content (AvgIpc) is 2.55. The van der Waals surface area contributed by atoms with Gasteiger partial charge in [0.15, 0.2) is 0 Å². The van der Waals surface area contributed by atoms with Crippen LogP contribution in [0.1, 0.15) is 21.6 Å². The number of fused-ring (bicyclic) bond motifs is 1. The Kier molecular flexibility index (Phi) is 3.98. The highest BCUT2D eigenvalue weighted by molar-refractivity contribution is 6.08. The molecule has 116 valence electrons. The third-order valence-corrected chi connectivity index (χ3v) is 3.76. The van der Waals surface area contributed by atoms with Crippen molar-refractivity contribution < 1.29 is 9.53 Å². The van der Waals surface area contributed by atoms with Crippen LogP contribution in [-0.4, -0.2) is 18.0 Å². The number of nitrogens with one attached hydrogen (secondary N) is 1. The van der Waals surface area contributed by atoms with Gasteiger partial charge in [-0.2, -0.15) is 0 Å². The number of nitrogens with zero attached hydrogens (tertiary/aromatic N) is 1. The number of aryl methyl sites for hydroxylation is 2. The predicted molar refractivity (Wildman–Crippen MR) is 92.2 cm³/mol. The standard InChI is InChI=1S/C19H18N2O2/c1-12-8-9-14(11-18(12)23-3)19(22)21-17-10-13(2)20-16-7-5-4-6-15(16)17/h4-11H,1-3H3,(H,20,21,22). The number of hydrogen-bond donors (Lipinski definition) is 1. The minimum atomic E-state index is -0.168. The molecule has 0 fully saturated rings. The zero-order valence-corrected chi connectivity index (χ0v) is 13.4. The Morgan fingerprint density at radius 2 is 1.87 bits per heavy atom. The summed E-state index contributed by atoms with van der Waals surface area (Å²) >= 11 is 0. The van der Waals surface area contributed by atoms with Crippen LogP contribution in [0, 0.1) is 13.8 Å². The quantitative estimate of drug-likeness (QED) is 0.792. The van der Waals surface area contributed by atoms with Crippen LogP contribution in [-0.2, 0) is 0 Å². The van der Waals surface area contributed by atoms with Gasteiger partial charge in [0.05, 0.1) is 18.3 Å². The van der Waals surface area contributed by atoms with Crippen molar-refractivity contribution in [2.75, 3.05) is 12.4 Å². The second-order valence-electron chi connectivity index (χ2n) is 5.47. The Hall–Kier alpha value is -2.88. The summed E-state index contributed by atoms with van der Waals surface area (Å²) in [6, 6.07) is 15.1. The molecule has 0 aliphatic heterocycles. The first kappa shape index (κ1) is 15.0. The number of rotatable bonds is 3. The second kappa shape index (κ2) is 6.08. The van der Waals surface area contributed by atoms with Crippen LogP contribution in [0.3, 0.4) is 0 Å². The van der Waals surface area contributed by atoms with Crippen LogP contribution in [0.5, 0.6) is 5.75 Å². The fraction of sp³-hybridized carbons (Fsp3) is 0.158. The van der Waals surface area contributed by atoms with E-state index in [1.807, 2.05) is 50.2 Å². The molecule has 0 atom stereocenters. The van der Waals surface area contributed by atoms with Crippen LogP contribution in [0.25, 0.3) is 10.9 Å². The molecule has 1 N–H and O–H groups in total. The number of carbonyl (C=O) groups is 1. The molecule has 0 radical (unpaired) electrons. The molecule has 4 heteroatoms. The molecule has 3 rings (SSSR count). The summed E-state index contributed by atoms with van der Waals surface area (Å²) in [7, 11) is 1.60. The summed E-state index contributed by atoms with van der Waals surface area (Å²) < 4.78 is 5.29. The Morgan fingerprint density at radius 3 is 2.65 bits per heavy atom. The van der Waals surface area contributed by atoms with Crippen molar-refractivity contribution in [2.45, 2.75) is 13.8 Å². The molecule has 1 aromatic heterocycles. The summed E-state index contributed by atoms with van der Waals surface area (Å²) in [5.74, 6) is 0.535. The van der Waals surface area contributed by atoms with Gasteiger partial charge in [0.1, 0.15) is 5.75 Å². The van der Waals surface area contributed by atoms with E-state index in [9.17, 15) is 4.79 Å². The minimum Gasteiger partial charge on any atom is -0.496 e. The third-order valence-electron chi connectivity index (χ3n) is 3.76. The molecule has 0 spiro atoms. The molecule has 0 unspecified atom stereocenters. The number of ether oxygens (including phenoxy) is 1. The number of amides is 1. The Bertz CT molecular complexity index is 888. The Balaban J connectivity index is 1.97. The van der Waals surface area contributed by atoms with E-state index in [0.29, 0.717) is 11.3 Å². The number of benzene rings is 2. The number of anilines is 1. The lowest BCUT2D eigenvalue weighted by molar-refractivity contribution is 0.102. The van der Waals surface area contributed by atoms with E-state index in [1.54, 1.807) is 19.2 Å². The lowest BCUT2D eigenvalue weighted by atomic mass is 10.1. The molecule has 0 saturated heterocycles. The summed E-state index contributed by atoms with van der Waals surface area (Å²) in [4.78, 5) is 17.0. The zero-order valence-electron chi connectivity index (χ0n) is 13.4. The van der Waals surface area contributed by atoms with Crippen molar-refractivity contribution in [1.29, 1.82) is 0 Å². The van der Waals surface area contributed by atoms with Gasteiger partial charge in [0.25, 0.3) is 5.91 Å². The first-order valence-corrected chi connectivity index (χ1v) is 7.41. The maximum Gasteiger partial charge on any atom is 0.255 e. The lowest BCUT2D eigenvalue weighted by Gasteiger charge is -2.11. The van der Waals surface area contributed by atoms with Crippen molar-refractivity contribution in [3.8, 4) is 5.75 Å². The van der Waals surface area contributed by atoms with Gasteiger partial charge in [-0.1, -0.05) is 24.3 Å². The predicted octanol–water partition coefficient (Wildman–Crippen LogP) is 4.11. The number of para-hydroxylation sites is 1. The highest BCUT2D eigenvalue weighted by Crippen LogP contribution is 2.24. The van der Waals surface area contributed by atoms with Gasteiger partial charge >= 0.3 is 0 Å². The molecule has 1 amide bonds. The van der Waals surface area contributed by atoms with E-state index in [1.165, 1.54) is 0 Å². The highest BCUT2D eigenvalue weighted by Gasteiger charge is 2.11. The van der Waals surface area contributed by atoms with E-state index in [0.717, 1.165) is 27.8 Å². The van der Waals surface area contributed by atoms with Crippen LogP contribution >= 0.6 is 0 Å². The van der Waals surface area contributed by atoms with Crippen molar-refractivity contribution in [3.05, 3.63) is 65.4 Å². The van der Waals surface area contributed by atoms with Crippen LogP contribution < -0.4 is 10.1 Å². The summed E-state index contributed by atoms with van der Waals surface area (Å²) in [5.41, 5.74) is 4.04. The monoisotopic (exact) mass is 306 g/mol. The molecule has 0 aliphatic rings. The molecule has 4 nitrogen and oxygen atoms in total. The fourth-order valence-electron chi connectivity index (χ4n) is 2.57. The smallest absolute Gasteiger partial charge is 0.255 e. The summed E-state index contributed by atoms with van der Waals surface area (Å²) in [6.45, 7) is 3.86. The largest absolute Gasteiger partial charge is 0.496 e. The highest BCUT2D eigenvalue weighted by atomic mass is 16.5. The molecular formula is C19H18N2O2. The van der Waals surface area contributed by atoms with Gasteiger partial charge in [-0.05, 0) is 43.7 Å². The summed E-state index contributed by atoms with van der Waals surface area (Å²) in [6.07, 6.45) is 0. The van der Waals surface area contributed by atoms with Crippen LogP contribution in [0.2, 0.25) is 0 Å². The SMILES string of the molecule is COc1cc(C(=O)Nc2cc(C)nc3ccccc23)ccc1C. The number of aromatic nitrogens is 1. The van der Waals surface area contributed by atoms with Gasteiger partial charge in [-0.25, -0.2) is 0 Å². The first-order chi connectivity index (χ1) is 11.1. The maximum absolute atomic E-state index is 12.6. The molecule has 0 saturated carbocycles. The Morgan fingerprint density at radius 1 is 1.09 bits per heavy atom. The van der Waals surface area contributed by atoms with E-state index in [-0.39, 0.29) is 5.91 Å². The topological polar surface area (TPSA) is 51.2 Å². The lowest BCUT2D eigenvalue weighted by Crippen LogP contribution is -2.13. The molecule has 1 heterocycles. The van der Waals surface area contributed by atoms with Crippen LogP contribution in [0.15, 0.2) is 48.5 Å². The van der Waals surface area contributed by atoms with Crippen molar-refractivity contribution in [1.82, 2.24) is 4.98 Å². The average molecular weight is 306 g/mol. The number of carbonyl (C=O) groups excluding carboxylic acids is 1. The van der Waals surface area contributed by atoms with Gasteiger partial charge in [-0.3, -0.25) is 9.78 Å². The summed E-state index contributed by atoms with van der Waals surface area (Å²) in [5, 5.41) is 3.90. The normalized spacial score (nSPS) is 10.6. The number of hydrogen-bond acceptors (Lipinski definition) is 3. The first-order valence-electron chi connectivity index (χ1n) is 7.41. The van der Waals surface area contributed by atoms with Crippen LogP contribution in [0.4, 0.5) is 5.69 Å². The van der Waals surface area contributed by atoms with E-state index < -0.39 is 0 Å². The third kappa shape index (κ3) is 3.01. The van der Waals surface area contributed by atoms with Gasteiger partial charge in [0.2, 0.25) is 0 Å².